The SMILES string of the molecule is O=c1[nH]c(-c2ccc(OCCCN3CCCCC3)nn2)no1. The van der Waals surface area contributed by atoms with Crippen molar-refractivity contribution in [3.63, 3.8) is 0 Å². The molecular formula is C14H19N5O3. The molecule has 1 fully saturated rings. The lowest BCUT2D eigenvalue weighted by Gasteiger charge is -2.26. The van der Waals surface area contributed by atoms with Gasteiger partial charge in [-0.05, 0) is 38.4 Å². The summed E-state index contributed by atoms with van der Waals surface area (Å²) in [6, 6.07) is 3.39. The summed E-state index contributed by atoms with van der Waals surface area (Å²) in [4.78, 5) is 15.8. The number of aromatic nitrogens is 4. The first-order valence-electron chi connectivity index (χ1n) is 7.56. The monoisotopic (exact) mass is 305 g/mol. The number of H-pyrrole nitrogens is 1. The number of nitrogens with zero attached hydrogens (tertiary/aromatic N) is 4. The van der Waals surface area contributed by atoms with Gasteiger partial charge in [-0.3, -0.25) is 9.51 Å². The molecule has 0 saturated carbocycles. The Morgan fingerprint density at radius 1 is 1.23 bits per heavy atom. The molecule has 8 nitrogen and oxygen atoms in total. The third-order valence-electron chi connectivity index (χ3n) is 3.64. The highest BCUT2D eigenvalue weighted by Gasteiger charge is 2.10. The molecule has 3 rings (SSSR count). The van der Waals surface area contributed by atoms with E-state index in [0.717, 1.165) is 13.0 Å². The Balaban J connectivity index is 1.44. The van der Waals surface area contributed by atoms with E-state index in [1.165, 1.54) is 32.4 Å². The molecule has 0 bridgehead atoms. The zero-order chi connectivity index (χ0) is 15.2. The van der Waals surface area contributed by atoms with Gasteiger partial charge in [0, 0.05) is 12.6 Å². The second-order valence-electron chi connectivity index (χ2n) is 5.30. The molecule has 0 unspecified atom stereocenters. The summed E-state index contributed by atoms with van der Waals surface area (Å²) >= 11 is 0. The van der Waals surface area contributed by atoms with Crippen LogP contribution in [0.3, 0.4) is 0 Å². The molecule has 1 saturated heterocycles. The number of hydrogen-bond donors (Lipinski definition) is 1. The summed E-state index contributed by atoms with van der Waals surface area (Å²) in [5.74, 6) is 0.109. The summed E-state index contributed by atoms with van der Waals surface area (Å²) in [6.45, 7) is 4.08. The average Bonchev–Trinajstić information content (AvgIpc) is 3.00. The van der Waals surface area contributed by atoms with Crippen LogP contribution in [0.25, 0.3) is 11.5 Å². The van der Waals surface area contributed by atoms with Crippen LogP contribution in [-0.2, 0) is 0 Å². The first-order chi connectivity index (χ1) is 10.8. The molecule has 3 heterocycles. The maximum absolute atomic E-state index is 10.9. The molecular weight excluding hydrogens is 286 g/mol. The number of rotatable bonds is 6. The van der Waals surface area contributed by atoms with Gasteiger partial charge in [-0.2, -0.15) is 0 Å². The first kappa shape index (κ1) is 14.7. The van der Waals surface area contributed by atoms with Crippen molar-refractivity contribution in [1.82, 2.24) is 25.2 Å². The molecule has 1 N–H and O–H groups in total. The zero-order valence-corrected chi connectivity index (χ0v) is 12.3. The molecule has 22 heavy (non-hydrogen) atoms. The van der Waals surface area contributed by atoms with Gasteiger partial charge in [0.1, 0.15) is 5.69 Å². The summed E-state index contributed by atoms with van der Waals surface area (Å²) < 4.78 is 10.00. The van der Waals surface area contributed by atoms with E-state index in [0.29, 0.717) is 18.2 Å². The van der Waals surface area contributed by atoms with Gasteiger partial charge < -0.3 is 9.64 Å². The Kier molecular flexibility index (Phi) is 4.79. The van der Waals surface area contributed by atoms with E-state index in [9.17, 15) is 4.79 Å². The Morgan fingerprint density at radius 3 is 2.77 bits per heavy atom. The number of hydrogen-bond acceptors (Lipinski definition) is 7. The van der Waals surface area contributed by atoms with E-state index in [1.807, 2.05) is 0 Å². The molecule has 2 aromatic rings. The Labute approximate surface area is 127 Å². The normalized spacial score (nSPS) is 15.8. The quantitative estimate of drug-likeness (QED) is 0.797. The summed E-state index contributed by atoms with van der Waals surface area (Å²) in [5, 5.41) is 11.5. The fourth-order valence-corrected chi connectivity index (χ4v) is 2.51. The fraction of sp³-hybridized carbons (Fsp3) is 0.571. The molecule has 0 spiro atoms. The Bertz CT molecular complexity index is 630. The summed E-state index contributed by atoms with van der Waals surface area (Å²) in [7, 11) is 0. The van der Waals surface area contributed by atoms with Crippen molar-refractivity contribution in [2.45, 2.75) is 25.7 Å². The van der Waals surface area contributed by atoms with Gasteiger partial charge >= 0.3 is 5.76 Å². The smallest absolute Gasteiger partial charge is 0.439 e. The third kappa shape index (κ3) is 3.91. The van der Waals surface area contributed by atoms with Crippen molar-refractivity contribution in [2.75, 3.05) is 26.2 Å². The van der Waals surface area contributed by atoms with E-state index < -0.39 is 5.76 Å². The van der Waals surface area contributed by atoms with Crippen molar-refractivity contribution in [2.24, 2.45) is 0 Å². The van der Waals surface area contributed by atoms with Crippen LogP contribution >= 0.6 is 0 Å². The number of likely N-dealkylation sites (tertiary alicyclic amines) is 1. The largest absolute Gasteiger partial charge is 0.477 e. The minimum Gasteiger partial charge on any atom is -0.477 e. The van der Waals surface area contributed by atoms with Crippen molar-refractivity contribution < 1.29 is 9.26 Å². The predicted octanol–water partition coefficient (Wildman–Crippen LogP) is 1.07. The van der Waals surface area contributed by atoms with Crippen LogP contribution in [0.1, 0.15) is 25.7 Å². The zero-order valence-electron chi connectivity index (χ0n) is 12.3. The van der Waals surface area contributed by atoms with Crippen LogP contribution in [0.15, 0.2) is 21.5 Å². The van der Waals surface area contributed by atoms with E-state index >= 15 is 0 Å². The maximum Gasteiger partial charge on any atom is 0.439 e. The topological polar surface area (TPSA) is 97.1 Å². The second-order valence-corrected chi connectivity index (χ2v) is 5.30. The second kappa shape index (κ2) is 7.17. The van der Waals surface area contributed by atoms with Gasteiger partial charge in [0.2, 0.25) is 11.7 Å². The standard InChI is InChI=1S/C14H19N5O3/c20-14-15-13(18-22-14)11-5-6-12(17-16-11)21-10-4-9-19-7-2-1-3-8-19/h5-6H,1-4,7-10H2,(H,15,18,20). The van der Waals surface area contributed by atoms with Gasteiger partial charge in [0.15, 0.2) is 0 Å². The van der Waals surface area contributed by atoms with Crippen LogP contribution in [0.4, 0.5) is 0 Å². The fourth-order valence-electron chi connectivity index (χ4n) is 2.51. The summed E-state index contributed by atoms with van der Waals surface area (Å²) in [5.41, 5.74) is 0.437. The van der Waals surface area contributed by atoms with Crippen LogP contribution in [0.2, 0.25) is 0 Å². The molecule has 1 aliphatic rings. The van der Waals surface area contributed by atoms with Crippen LogP contribution in [0, 0.1) is 0 Å². The molecule has 0 radical (unpaired) electrons. The molecule has 118 valence electrons. The lowest BCUT2D eigenvalue weighted by molar-refractivity contribution is 0.202. The van der Waals surface area contributed by atoms with Crippen molar-refractivity contribution in [3.8, 4) is 17.4 Å². The van der Waals surface area contributed by atoms with E-state index in [1.54, 1.807) is 12.1 Å². The number of piperidine rings is 1. The van der Waals surface area contributed by atoms with Crippen LogP contribution < -0.4 is 10.5 Å². The summed E-state index contributed by atoms with van der Waals surface area (Å²) in [6.07, 6.45) is 4.93. The molecule has 0 atom stereocenters. The van der Waals surface area contributed by atoms with Gasteiger partial charge in [0.25, 0.3) is 0 Å². The van der Waals surface area contributed by atoms with Crippen molar-refractivity contribution in [1.29, 1.82) is 0 Å². The van der Waals surface area contributed by atoms with Crippen LogP contribution in [-0.4, -0.2) is 51.5 Å². The van der Waals surface area contributed by atoms with Crippen LogP contribution in [0.5, 0.6) is 5.88 Å². The Morgan fingerprint density at radius 2 is 2.09 bits per heavy atom. The third-order valence-corrected chi connectivity index (χ3v) is 3.64. The molecule has 0 aromatic carbocycles. The van der Waals surface area contributed by atoms with E-state index in [2.05, 4.69) is 29.8 Å². The molecule has 0 aliphatic carbocycles. The lowest BCUT2D eigenvalue weighted by Crippen LogP contribution is -2.31. The Hall–Kier alpha value is -2.22. The van der Waals surface area contributed by atoms with E-state index in [4.69, 9.17) is 4.74 Å². The van der Waals surface area contributed by atoms with Gasteiger partial charge in [-0.25, -0.2) is 4.79 Å². The lowest BCUT2D eigenvalue weighted by atomic mass is 10.1. The minimum absolute atomic E-state index is 0.258. The predicted molar refractivity (Wildman–Crippen MR) is 78.6 cm³/mol. The number of aromatic amines is 1. The first-order valence-corrected chi connectivity index (χ1v) is 7.56. The van der Waals surface area contributed by atoms with Crippen molar-refractivity contribution >= 4 is 0 Å². The number of nitrogens with one attached hydrogen (secondary N) is 1. The maximum atomic E-state index is 10.9. The molecule has 1 aliphatic heterocycles. The minimum atomic E-state index is -0.616. The van der Waals surface area contributed by atoms with Gasteiger partial charge in [-0.1, -0.05) is 11.6 Å². The highest BCUT2D eigenvalue weighted by molar-refractivity contribution is 5.46. The highest BCUT2D eigenvalue weighted by Crippen LogP contribution is 2.13. The number of ether oxygens (including phenoxy) is 1. The van der Waals surface area contributed by atoms with E-state index in [-0.39, 0.29) is 5.82 Å². The van der Waals surface area contributed by atoms with Gasteiger partial charge in [0.05, 0.1) is 6.61 Å². The average molecular weight is 305 g/mol. The van der Waals surface area contributed by atoms with Crippen molar-refractivity contribution in [3.05, 3.63) is 22.7 Å². The molecule has 0 amide bonds. The molecule has 2 aromatic heterocycles. The molecule has 8 heteroatoms. The highest BCUT2D eigenvalue weighted by atomic mass is 16.5. The van der Waals surface area contributed by atoms with Gasteiger partial charge in [-0.15, -0.1) is 10.2 Å².